The summed E-state index contributed by atoms with van der Waals surface area (Å²) < 4.78 is 0. The third-order valence-corrected chi connectivity index (χ3v) is 5.93. The van der Waals surface area contributed by atoms with E-state index in [1.54, 1.807) is 36.7 Å². The van der Waals surface area contributed by atoms with Gasteiger partial charge in [-0.05, 0) is 60.1 Å². The van der Waals surface area contributed by atoms with Crippen molar-refractivity contribution in [3.05, 3.63) is 59.9 Å². The Labute approximate surface area is 153 Å². The van der Waals surface area contributed by atoms with Gasteiger partial charge in [-0.25, -0.2) is 0 Å². The second-order valence-corrected chi connectivity index (χ2v) is 8.01. The zero-order valence-electron chi connectivity index (χ0n) is 14.8. The molecular formula is C21H26N2O3. The van der Waals surface area contributed by atoms with Crippen LogP contribution in [0.15, 0.2) is 48.8 Å². The monoisotopic (exact) mass is 354 g/mol. The van der Waals surface area contributed by atoms with Crippen LogP contribution in [-0.2, 0) is 6.42 Å². The Morgan fingerprint density at radius 1 is 1.04 bits per heavy atom. The number of hydrogen-bond donors (Lipinski definition) is 3. The third kappa shape index (κ3) is 3.75. The molecule has 1 saturated carbocycles. The van der Waals surface area contributed by atoms with Crippen molar-refractivity contribution in [3.63, 3.8) is 0 Å². The van der Waals surface area contributed by atoms with Gasteiger partial charge >= 0.3 is 0 Å². The minimum atomic E-state index is -0.613. The highest BCUT2D eigenvalue weighted by molar-refractivity contribution is 5.27. The maximum Gasteiger partial charge on any atom is 0.115 e. The van der Waals surface area contributed by atoms with Crippen LogP contribution in [0.4, 0.5) is 0 Å². The zero-order chi connectivity index (χ0) is 18.1. The highest BCUT2D eigenvalue weighted by Crippen LogP contribution is 2.45. The molecule has 1 aliphatic heterocycles. The van der Waals surface area contributed by atoms with Gasteiger partial charge in [-0.2, -0.15) is 0 Å². The topological polar surface area (TPSA) is 76.8 Å². The van der Waals surface area contributed by atoms with Gasteiger partial charge in [-0.1, -0.05) is 12.1 Å². The number of likely N-dealkylation sites (tertiary alicyclic amines) is 1. The molecule has 4 rings (SSSR count). The maximum atomic E-state index is 11.0. The largest absolute Gasteiger partial charge is 0.508 e. The SMILES string of the molecule is Oc1ccc(C(O)CN2C[C@@H]3C[C@@](O)(Cc4ccncc4)C[C@@H]3C2)cc1. The van der Waals surface area contributed by atoms with Gasteiger partial charge in [0.15, 0.2) is 0 Å². The molecule has 1 aromatic carbocycles. The molecule has 2 aliphatic rings. The average molecular weight is 354 g/mol. The normalized spacial score (nSPS) is 29.6. The summed E-state index contributed by atoms with van der Waals surface area (Å²) >= 11 is 0. The summed E-state index contributed by atoms with van der Waals surface area (Å²) in [6, 6.07) is 10.7. The molecule has 0 bridgehead atoms. The average Bonchev–Trinajstić information content (AvgIpc) is 3.10. The summed E-state index contributed by atoms with van der Waals surface area (Å²) in [6.07, 6.45) is 5.35. The van der Waals surface area contributed by atoms with E-state index >= 15 is 0 Å². The highest BCUT2D eigenvalue weighted by atomic mass is 16.3. The van der Waals surface area contributed by atoms with Crippen molar-refractivity contribution < 1.29 is 15.3 Å². The Kier molecular flexibility index (Phi) is 4.69. The summed E-state index contributed by atoms with van der Waals surface area (Å²) in [4.78, 5) is 6.35. The Balaban J connectivity index is 1.32. The first-order valence-corrected chi connectivity index (χ1v) is 9.31. The number of rotatable bonds is 5. The first-order valence-electron chi connectivity index (χ1n) is 9.31. The molecule has 0 spiro atoms. The second kappa shape index (κ2) is 6.99. The lowest BCUT2D eigenvalue weighted by atomic mass is 9.92. The van der Waals surface area contributed by atoms with Crippen LogP contribution >= 0.6 is 0 Å². The van der Waals surface area contributed by atoms with Gasteiger partial charge in [0.1, 0.15) is 5.75 Å². The molecule has 1 aromatic heterocycles. The van der Waals surface area contributed by atoms with Crippen LogP contribution in [0.2, 0.25) is 0 Å². The molecule has 2 heterocycles. The molecule has 138 valence electrons. The van der Waals surface area contributed by atoms with Crippen LogP contribution in [0.25, 0.3) is 0 Å². The molecule has 3 N–H and O–H groups in total. The highest BCUT2D eigenvalue weighted by Gasteiger charge is 2.48. The van der Waals surface area contributed by atoms with Crippen LogP contribution in [0.5, 0.6) is 5.75 Å². The number of benzene rings is 1. The number of fused-ring (bicyclic) bond motifs is 1. The Morgan fingerprint density at radius 3 is 2.27 bits per heavy atom. The van der Waals surface area contributed by atoms with Crippen LogP contribution in [0, 0.1) is 11.8 Å². The minimum Gasteiger partial charge on any atom is -0.508 e. The van der Waals surface area contributed by atoms with Gasteiger partial charge < -0.3 is 15.3 Å². The predicted octanol–water partition coefficient (Wildman–Crippen LogP) is 2.14. The number of aliphatic hydroxyl groups is 2. The zero-order valence-corrected chi connectivity index (χ0v) is 14.8. The number of aliphatic hydroxyl groups excluding tert-OH is 1. The third-order valence-electron chi connectivity index (χ3n) is 5.93. The van der Waals surface area contributed by atoms with E-state index in [0.29, 0.717) is 24.8 Å². The fourth-order valence-corrected chi connectivity index (χ4v) is 4.78. The standard InChI is InChI=1S/C21H26N2O3/c24-19-3-1-16(2-4-19)20(25)14-23-12-17-10-21(26,11-18(17)13-23)9-15-5-7-22-8-6-15/h1-8,17-18,20,24-26H,9-14H2/t17-,18+,20?,21-. The van der Waals surface area contributed by atoms with Crippen LogP contribution in [-0.4, -0.2) is 50.4 Å². The number of pyridine rings is 1. The summed E-state index contributed by atoms with van der Waals surface area (Å²) in [7, 11) is 0. The lowest BCUT2D eigenvalue weighted by Gasteiger charge is -2.27. The van der Waals surface area contributed by atoms with Crippen molar-refractivity contribution >= 4 is 0 Å². The van der Waals surface area contributed by atoms with E-state index in [-0.39, 0.29) is 5.75 Å². The number of nitrogens with zero attached hydrogens (tertiary/aromatic N) is 2. The number of β-amino-alcohol motifs (C(OH)–C–C–N with tert-alkyl or cyclic N) is 1. The molecular weight excluding hydrogens is 328 g/mol. The first kappa shape index (κ1) is 17.5. The summed E-state index contributed by atoms with van der Waals surface area (Å²) in [5, 5.41) is 30.8. The fourth-order valence-electron chi connectivity index (χ4n) is 4.78. The van der Waals surface area contributed by atoms with Crippen LogP contribution < -0.4 is 0 Å². The molecule has 0 amide bonds. The van der Waals surface area contributed by atoms with Crippen LogP contribution in [0.1, 0.15) is 30.1 Å². The second-order valence-electron chi connectivity index (χ2n) is 8.01. The molecule has 26 heavy (non-hydrogen) atoms. The van der Waals surface area contributed by atoms with Crippen molar-refractivity contribution in [2.45, 2.75) is 31.0 Å². The molecule has 0 radical (unpaired) electrons. The van der Waals surface area contributed by atoms with Gasteiger partial charge in [0.25, 0.3) is 0 Å². The van der Waals surface area contributed by atoms with Gasteiger partial charge in [-0.3, -0.25) is 9.88 Å². The Bertz CT molecular complexity index is 721. The summed E-state index contributed by atoms with van der Waals surface area (Å²) in [5.41, 5.74) is 1.36. The van der Waals surface area contributed by atoms with E-state index < -0.39 is 11.7 Å². The van der Waals surface area contributed by atoms with Gasteiger partial charge in [0, 0.05) is 38.4 Å². The number of aromatic nitrogens is 1. The number of phenols is 1. The van der Waals surface area contributed by atoms with Crippen molar-refractivity contribution in [1.29, 1.82) is 0 Å². The van der Waals surface area contributed by atoms with Gasteiger partial charge in [0.05, 0.1) is 11.7 Å². The van der Waals surface area contributed by atoms with E-state index in [4.69, 9.17) is 0 Å². The molecule has 2 aromatic rings. The summed E-state index contributed by atoms with van der Waals surface area (Å²) in [5.74, 6) is 1.20. The maximum absolute atomic E-state index is 11.0. The number of phenolic OH excluding ortho intramolecular Hbond substituents is 1. The number of hydrogen-bond acceptors (Lipinski definition) is 5. The van der Waals surface area contributed by atoms with E-state index in [2.05, 4.69) is 9.88 Å². The quantitative estimate of drug-likeness (QED) is 0.767. The van der Waals surface area contributed by atoms with E-state index in [9.17, 15) is 15.3 Å². The molecule has 1 saturated heterocycles. The van der Waals surface area contributed by atoms with Crippen LogP contribution in [0.3, 0.4) is 0 Å². The van der Waals surface area contributed by atoms with E-state index in [1.807, 2.05) is 12.1 Å². The van der Waals surface area contributed by atoms with Crippen molar-refractivity contribution in [2.24, 2.45) is 11.8 Å². The van der Waals surface area contributed by atoms with Crippen molar-refractivity contribution in [3.8, 4) is 5.75 Å². The Hall–Kier alpha value is -1.95. The smallest absolute Gasteiger partial charge is 0.115 e. The van der Waals surface area contributed by atoms with E-state index in [1.165, 1.54) is 0 Å². The van der Waals surface area contributed by atoms with Gasteiger partial charge in [0.2, 0.25) is 0 Å². The molecule has 1 unspecified atom stereocenters. The molecule has 2 fully saturated rings. The fraction of sp³-hybridized carbons (Fsp3) is 0.476. The first-order chi connectivity index (χ1) is 12.5. The van der Waals surface area contributed by atoms with Gasteiger partial charge in [-0.15, -0.1) is 0 Å². The molecule has 5 heteroatoms. The lowest BCUT2D eigenvalue weighted by Crippen LogP contribution is -2.33. The van der Waals surface area contributed by atoms with Crippen molar-refractivity contribution in [1.82, 2.24) is 9.88 Å². The molecule has 5 nitrogen and oxygen atoms in total. The predicted molar refractivity (Wildman–Crippen MR) is 98.6 cm³/mol. The summed E-state index contributed by atoms with van der Waals surface area (Å²) in [6.45, 7) is 2.46. The Morgan fingerprint density at radius 2 is 1.65 bits per heavy atom. The minimum absolute atomic E-state index is 0.213. The molecule has 1 aliphatic carbocycles. The molecule has 4 atom stereocenters. The number of aromatic hydroxyl groups is 1. The van der Waals surface area contributed by atoms with E-state index in [0.717, 1.165) is 37.1 Å². The lowest BCUT2D eigenvalue weighted by molar-refractivity contribution is 0.0328. The van der Waals surface area contributed by atoms with Crippen molar-refractivity contribution in [2.75, 3.05) is 19.6 Å².